The molecule has 0 unspecified atom stereocenters. The quantitative estimate of drug-likeness (QED) is 0.406. The van der Waals surface area contributed by atoms with Crippen molar-refractivity contribution in [3.63, 3.8) is 0 Å². The van der Waals surface area contributed by atoms with Crippen molar-refractivity contribution < 1.29 is 14.7 Å². The zero-order valence-electron chi connectivity index (χ0n) is 3.76. The molecule has 0 aliphatic rings. The standard InChI is InChI=1S/C4H6O3.Na.H/c5-3-1-2-4(6)7;;/h3H,1-2H2,(H,6,7);;. The Morgan fingerprint density at radius 2 is 2.12 bits per heavy atom. The van der Waals surface area contributed by atoms with Crippen LogP contribution >= 0.6 is 0 Å². The summed E-state index contributed by atoms with van der Waals surface area (Å²) in [5.74, 6) is -0.924. The average Bonchev–Trinajstić information content (AvgIpc) is 1.61. The SMILES string of the molecule is O=CCCC(=O)O.[NaH]. The molecule has 0 atom stereocenters. The summed E-state index contributed by atoms with van der Waals surface area (Å²) in [5, 5.41) is 7.89. The number of aldehydes is 1. The van der Waals surface area contributed by atoms with Crippen LogP contribution in [0.1, 0.15) is 12.8 Å². The fraction of sp³-hybridized carbons (Fsp3) is 0.500. The van der Waals surface area contributed by atoms with E-state index < -0.39 is 5.97 Å². The number of carbonyl (C=O) groups excluding carboxylic acids is 1. The van der Waals surface area contributed by atoms with Crippen molar-refractivity contribution in [1.29, 1.82) is 0 Å². The van der Waals surface area contributed by atoms with E-state index in [1.165, 1.54) is 0 Å². The van der Waals surface area contributed by atoms with Gasteiger partial charge in [0.2, 0.25) is 0 Å². The Kier molecular flexibility index (Phi) is 9.82. The van der Waals surface area contributed by atoms with Gasteiger partial charge in [-0.25, -0.2) is 0 Å². The summed E-state index contributed by atoms with van der Waals surface area (Å²) in [6.07, 6.45) is 0.660. The van der Waals surface area contributed by atoms with Crippen molar-refractivity contribution in [2.24, 2.45) is 0 Å². The molecular formula is C4H7NaO3. The second kappa shape index (κ2) is 7.14. The van der Waals surface area contributed by atoms with E-state index in [4.69, 9.17) is 5.11 Å². The molecule has 0 aromatic rings. The van der Waals surface area contributed by atoms with Crippen LogP contribution in [0.4, 0.5) is 0 Å². The van der Waals surface area contributed by atoms with Crippen molar-refractivity contribution in [3.8, 4) is 0 Å². The summed E-state index contributed by atoms with van der Waals surface area (Å²) in [6.45, 7) is 0. The molecule has 0 bridgehead atoms. The summed E-state index contributed by atoms with van der Waals surface area (Å²) < 4.78 is 0. The van der Waals surface area contributed by atoms with E-state index in [1.807, 2.05) is 0 Å². The number of hydrogen-bond donors (Lipinski definition) is 1. The molecule has 4 heteroatoms. The monoisotopic (exact) mass is 126 g/mol. The normalized spacial score (nSPS) is 7.00. The molecule has 0 aromatic carbocycles. The van der Waals surface area contributed by atoms with Gasteiger partial charge in [-0.3, -0.25) is 4.79 Å². The van der Waals surface area contributed by atoms with Gasteiger partial charge < -0.3 is 9.90 Å². The first kappa shape index (κ1) is 11.0. The van der Waals surface area contributed by atoms with Crippen LogP contribution < -0.4 is 0 Å². The van der Waals surface area contributed by atoms with E-state index in [-0.39, 0.29) is 42.4 Å². The van der Waals surface area contributed by atoms with Crippen molar-refractivity contribution in [2.45, 2.75) is 12.8 Å². The van der Waals surface area contributed by atoms with E-state index in [2.05, 4.69) is 0 Å². The van der Waals surface area contributed by atoms with Crippen LogP contribution in [0.3, 0.4) is 0 Å². The summed E-state index contributed by atoms with van der Waals surface area (Å²) >= 11 is 0. The zero-order chi connectivity index (χ0) is 5.70. The topological polar surface area (TPSA) is 54.4 Å². The van der Waals surface area contributed by atoms with Gasteiger partial charge in [-0.15, -0.1) is 0 Å². The number of aliphatic carboxylic acids is 1. The van der Waals surface area contributed by atoms with Crippen LogP contribution in [0.2, 0.25) is 0 Å². The first-order valence-corrected chi connectivity index (χ1v) is 1.93. The fourth-order valence-corrected chi connectivity index (χ4v) is 0.182. The summed E-state index contributed by atoms with van der Waals surface area (Å²) in [5.41, 5.74) is 0. The Hall–Kier alpha value is 0.140. The average molecular weight is 126 g/mol. The molecule has 42 valence electrons. The van der Waals surface area contributed by atoms with Gasteiger partial charge in [0.05, 0.1) is 6.42 Å². The molecule has 0 radical (unpaired) electrons. The molecule has 0 saturated carbocycles. The number of carboxylic acids is 1. The van der Waals surface area contributed by atoms with E-state index in [9.17, 15) is 9.59 Å². The Labute approximate surface area is 69.4 Å². The summed E-state index contributed by atoms with van der Waals surface area (Å²) in [7, 11) is 0. The third-order valence-corrected chi connectivity index (χ3v) is 0.476. The van der Waals surface area contributed by atoms with Gasteiger partial charge >= 0.3 is 35.5 Å². The van der Waals surface area contributed by atoms with E-state index >= 15 is 0 Å². The van der Waals surface area contributed by atoms with E-state index in [1.54, 1.807) is 0 Å². The molecule has 8 heavy (non-hydrogen) atoms. The second-order valence-corrected chi connectivity index (χ2v) is 1.10. The number of carboxylic acid groups (broad SMARTS) is 1. The molecule has 0 aliphatic carbocycles. The van der Waals surface area contributed by atoms with Gasteiger partial charge in [0.25, 0.3) is 0 Å². The molecule has 0 rings (SSSR count). The van der Waals surface area contributed by atoms with Gasteiger partial charge in [-0.1, -0.05) is 0 Å². The molecule has 0 spiro atoms. The van der Waals surface area contributed by atoms with Crippen LogP contribution in [-0.4, -0.2) is 46.9 Å². The number of hydrogen-bond acceptors (Lipinski definition) is 2. The van der Waals surface area contributed by atoms with Crippen LogP contribution in [0.15, 0.2) is 0 Å². The molecule has 1 N–H and O–H groups in total. The Bertz CT molecular complexity index is 81.4. The Balaban J connectivity index is 0. The molecule has 0 amide bonds. The van der Waals surface area contributed by atoms with Crippen molar-refractivity contribution in [1.82, 2.24) is 0 Å². The van der Waals surface area contributed by atoms with Gasteiger partial charge in [0.15, 0.2) is 0 Å². The minimum absolute atomic E-state index is 0. The molecule has 3 nitrogen and oxygen atoms in total. The predicted molar refractivity (Wildman–Crippen MR) is 30.1 cm³/mol. The molecule has 0 aliphatic heterocycles. The predicted octanol–water partition coefficient (Wildman–Crippen LogP) is -0.598. The maximum absolute atomic E-state index is 9.60. The third kappa shape index (κ3) is 9.46. The molecule has 0 heterocycles. The van der Waals surface area contributed by atoms with Gasteiger partial charge in [0, 0.05) is 6.42 Å². The third-order valence-electron chi connectivity index (χ3n) is 0.476. The van der Waals surface area contributed by atoms with Crippen molar-refractivity contribution in [3.05, 3.63) is 0 Å². The minimum atomic E-state index is -0.924. The maximum atomic E-state index is 9.60. The van der Waals surface area contributed by atoms with E-state index in [0.717, 1.165) is 0 Å². The Morgan fingerprint density at radius 1 is 1.62 bits per heavy atom. The molecule has 0 saturated heterocycles. The number of carbonyl (C=O) groups is 2. The fourth-order valence-electron chi connectivity index (χ4n) is 0.182. The van der Waals surface area contributed by atoms with Crippen LogP contribution in [0, 0.1) is 0 Å². The van der Waals surface area contributed by atoms with Crippen LogP contribution in [0.5, 0.6) is 0 Å². The summed E-state index contributed by atoms with van der Waals surface area (Å²) in [6, 6.07) is 0. The van der Waals surface area contributed by atoms with E-state index in [0.29, 0.717) is 6.29 Å². The molecule has 0 fully saturated rings. The van der Waals surface area contributed by atoms with Gasteiger partial charge in [-0.2, -0.15) is 0 Å². The van der Waals surface area contributed by atoms with Crippen molar-refractivity contribution in [2.75, 3.05) is 0 Å². The zero-order valence-corrected chi connectivity index (χ0v) is 3.76. The van der Waals surface area contributed by atoms with Gasteiger partial charge in [0.1, 0.15) is 6.29 Å². The van der Waals surface area contributed by atoms with Crippen LogP contribution in [-0.2, 0) is 9.59 Å². The Morgan fingerprint density at radius 3 is 2.25 bits per heavy atom. The van der Waals surface area contributed by atoms with Crippen molar-refractivity contribution >= 4 is 41.8 Å². The molecular weight excluding hydrogens is 119 g/mol. The number of rotatable bonds is 3. The summed E-state index contributed by atoms with van der Waals surface area (Å²) in [4.78, 5) is 19.0. The van der Waals surface area contributed by atoms with Crippen LogP contribution in [0.25, 0.3) is 0 Å². The first-order valence-electron chi connectivity index (χ1n) is 1.93. The first-order chi connectivity index (χ1) is 3.27. The van der Waals surface area contributed by atoms with Gasteiger partial charge in [-0.05, 0) is 0 Å². The second-order valence-electron chi connectivity index (χ2n) is 1.10. The molecule has 0 aromatic heterocycles.